The highest BCUT2D eigenvalue weighted by Crippen LogP contribution is 2.62. The minimum absolute atomic E-state index is 0.138. The monoisotopic (exact) mass is 700 g/mol. The number of hydrogen-bond donors (Lipinski definition) is 2. The molecule has 1 aromatic rings. The molecule has 1 aromatic carbocycles. The third-order valence-corrected chi connectivity index (χ3v) is 16.7. The van der Waals surface area contributed by atoms with Crippen LogP contribution >= 0.6 is 0 Å². The van der Waals surface area contributed by atoms with Crippen molar-refractivity contribution in [2.45, 2.75) is 136 Å². The van der Waals surface area contributed by atoms with Crippen LogP contribution in [0.2, 0.25) is 18.1 Å². The van der Waals surface area contributed by atoms with Gasteiger partial charge in [0.1, 0.15) is 11.7 Å². The molecule has 8 atom stereocenters. The molecule has 0 saturated heterocycles. The van der Waals surface area contributed by atoms with Gasteiger partial charge in [-0.3, -0.25) is 19.2 Å². The Morgan fingerprint density at radius 2 is 1.49 bits per heavy atom. The standard InChI is InChI=1S/C37H52O11Si/c1-11-49(12-2,13-3)48-27-19-26(41)36(10,47-23(6)39)30-32(46-33(43)24-17-15-14-16-18-24)37(44)20-25(40)21(4)28(34(37,7)8)29(45-22(5)38)31(42)35(27,30)9/h14-18,25,27,29-30,32,40,44H,11-13,19-20H2,1-10H3/t25-,27-,29+,30-,32-,35+,36-,37+/m0/s1. The minimum atomic E-state index is -2.60. The van der Waals surface area contributed by atoms with E-state index in [0.717, 1.165) is 13.8 Å². The SMILES string of the molecule is CC[Si](CC)(CC)O[C@H]1CC(=O)[C@](C)(OC(C)=O)[C@H]2[C@H](OC(=O)c3ccccc3)[C@]3(O)C[C@H](O)C(C)=C([C@@H](OC(C)=O)C(=O)[C@]12C)C3(C)C. The normalized spacial score (nSPS) is 34.3. The summed E-state index contributed by atoms with van der Waals surface area (Å²) in [5.41, 5.74) is -7.04. The second-order valence-electron chi connectivity index (χ2n) is 14.9. The Hall–Kier alpha value is -3.19. The largest absolute Gasteiger partial charge is 0.455 e. The summed E-state index contributed by atoms with van der Waals surface area (Å²) in [7, 11) is -2.60. The fourth-order valence-corrected chi connectivity index (χ4v) is 11.8. The van der Waals surface area contributed by atoms with E-state index in [0.29, 0.717) is 23.7 Å². The lowest BCUT2D eigenvalue weighted by atomic mass is 9.45. The van der Waals surface area contributed by atoms with Crippen LogP contribution in [0.25, 0.3) is 0 Å². The van der Waals surface area contributed by atoms with Gasteiger partial charge >= 0.3 is 17.9 Å². The van der Waals surface area contributed by atoms with Gasteiger partial charge in [-0.2, -0.15) is 0 Å². The van der Waals surface area contributed by atoms with Gasteiger partial charge in [0.15, 0.2) is 31.6 Å². The summed E-state index contributed by atoms with van der Waals surface area (Å²) in [5, 5.41) is 24.7. The van der Waals surface area contributed by atoms with Gasteiger partial charge in [-0.25, -0.2) is 4.79 Å². The fraction of sp³-hybridized carbons (Fsp3) is 0.649. The second-order valence-corrected chi connectivity index (χ2v) is 19.6. The molecule has 2 bridgehead atoms. The van der Waals surface area contributed by atoms with Gasteiger partial charge in [-0.05, 0) is 62.2 Å². The topological polar surface area (TPSA) is 163 Å². The number of aliphatic hydroxyl groups excluding tert-OH is 1. The van der Waals surface area contributed by atoms with Gasteiger partial charge in [0.2, 0.25) is 0 Å². The van der Waals surface area contributed by atoms with Crippen molar-refractivity contribution in [3.63, 3.8) is 0 Å². The van der Waals surface area contributed by atoms with E-state index in [1.165, 1.54) is 19.1 Å². The number of benzene rings is 1. The maximum absolute atomic E-state index is 15.5. The predicted molar refractivity (Wildman–Crippen MR) is 182 cm³/mol. The smallest absolute Gasteiger partial charge is 0.338 e. The lowest BCUT2D eigenvalue weighted by molar-refractivity contribution is -0.251. The van der Waals surface area contributed by atoms with Crippen LogP contribution in [0.5, 0.6) is 0 Å². The van der Waals surface area contributed by atoms with Crippen molar-refractivity contribution in [1.29, 1.82) is 0 Å². The van der Waals surface area contributed by atoms with E-state index < -0.39 is 90.2 Å². The average molecular weight is 701 g/mol. The van der Waals surface area contributed by atoms with Crippen LogP contribution in [-0.4, -0.2) is 83.6 Å². The Morgan fingerprint density at radius 1 is 0.918 bits per heavy atom. The first-order valence-corrected chi connectivity index (χ1v) is 19.7. The molecule has 4 rings (SSSR count). The molecule has 2 saturated carbocycles. The molecule has 11 nitrogen and oxygen atoms in total. The van der Waals surface area contributed by atoms with E-state index in [-0.39, 0.29) is 24.0 Å². The first-order chi connectivity index (χ1) is 22.7. The Balaban J connectivity index is 2.18. The van der Waals surface area contributed by atoms with Gasteiger partial charge in [-0.1, -0.05) is 52.8 Å². The molecule has 3 aliphatic rings. The minimum Gasteiger partial charge on any atom is -0.455 e. The molecule has 2 N–H and O–H groups in total. The molecule has 49 heavy (non-hydrogen) atoms. The highest BCUT2D eigenvalue weighted by atomic mass is 28.4. The van der Waals surface area contributed by atoms with Crippen LogP contribution in [0, 0.1) is 16.7 Å². The molecule has 0 amide bonds. The molecular formula is C37H52O11Si. The van der Waals surface area contributed by atoms with E-state index in [1.54, 1.807) is 45.9 Å². The van der Waals surface area contributed by atoms with Crippen molar-refractivity contribution >= 4 is 37.8 Å². The van der Waals surface area contributed by atoms with Crippen LogP contribution in [0.4, 0.5) is 0 Å². The van der Waals surface area contributed by atoms with Crippen LogP contribution in [0.1, 0.15) is 92.4 Å². The zero-order chi connectivity index (χ0) is 36.9. The zero-order valence-electron chi connectivity index (χ0n) is 30.4. The molecule has 12 heteroatoms. The summed E-state index contributed by atoms with van der Waals surface area (Å²) in [6.45, 7) is 16.1. The molecule has 0 aliphatic heterocycles. The summed E-state index contributed by atoms with van der Waals surface area (Å²) in [5.74, 6) is -5.27. The quantitative estimate of drug-likeness (QED) is 0.156. The summed E-state index contributed by atoms with van der Waals surface area (Å²) < 4.78 is 25.1. The number of carbonyl (C=O) groups is 5. The number of ketones is 2. The van der Waals surface area contributed by atoms with E-state index in [1.807, 2.05) is 20.8 Å². The van der Waals surface area contributed by atoms with E-state index >= 15 is 4.79 Å². The van der Waals surface area contributed by atoms with Gasteiger partial charge in [0, 0.05) is 32.1 Å². The molecule has 270 valence electrons. The van der Waals surface area contributed by atoms with E-state index in [4.69, 9.17) is 18.6 Å². The Kier molecular flexibility index (Phi) is 10.6. The number of hydrogen-bond acceptors (Lipinski definition) is 11. The Labute approximate surface area is 289 Å². The van der Waals surface area contributed by atoms with Crippen molar-refractivity contribution in [3.05, 3.63) is 47.0 Å². The second kappa shape index (κ2) is 13.5. The number of fused-ring (bicyclic) bond motifs is 3. The molecule has 0 spiro atoms. The summed E-state index contributed by atoms with van der Waals surface area (Å²) in [4.78, 5) is 69.7. The van der Waals surface area contributed by atoms with Crippen LogP contribution in [0.15, 0.2) is 41.5 Å². The molecule has 0 heterocycles. The highest BCUT2D eigenvalue weighted by Gasteiger charge is 2.75. The van der Waals surface area contributed by atoms with Crippen molar-refractivity contribution < 1.29 is 52.8 Å². The zero-order valence-corrected chi connectivity index (χ0v) is 31.4. The third kappa shape index (κ3) is 6.12. The van der Waals surface area contributed by atoms with E-state index in [2.05, 4.69) is 0 Å². The highest BCUT2D eigenvalue weighted by molar-refractivity contribution is 6.73. The molecule has 2 fully saturated rings. The predicted octanol–water partition coefficient (Wildman–Crippen LogP) is 4.87. The third-order valence-electron chi connectivity index (χ3n) is 12.0. The summed E-state index contributed by atoms with van der Waals surface area (Å²) >= 11 is 0. The first-order valence-electron chi connectivity index (χ1n) is 17.2. The number of esters is 3. The lowest BCUT2D eigenvalue weighted by Gasteiger charge is -2.63. The summed E-state index contributed by atoms with van der Waals surface area (Å²) in [6.07, 6.45) is -6.52. The van der Waals surface area contributed by atoms with Crippen LogP contribution in [0.3, 0.4) is 0 Å². The molecule has 0 aromatic heterocycles. The number of Topliss-reactive ketones (excluding diaryl/α,β-unsaturated/α-hetero) is 2. The maximum Gasteiger partial charge on any atom is 0.338 e. The van der Waals surface area contributed by atoms with Crippen LogP contribution < -0.4 is 0 Å². The number of rotatable bonds is 9. The molecule has 0 radical (unpaired) electrons. The molecule has 3 aliphatic carbocycles. The van der Waals surface area contributed by atoms with Gasteiger partial charge < -0.3 is 28.8 Å². The van der Waals surface area contributed by atoms with Gasteiger partial charge in [-0.15, -0.1) is 0 Å². The molecular weight excluding hydrogens is 648 g/mol. The Bertz CT molecular complexity index is 1520. The van der Waals surface area contributed by atoms with Crippen molar-refractivity contribution in [1.82, 2.24) is 0 Å². The lowest BCUT2D eigenvalue weighted by Crippen LogP contribution is -2.77. The average Bonchev–Trinajstić information content (AvgIpc) is 3.03. The fourth-order valence-electron chi connectivity index (χ4n) is 8.83. The van der Waals surface area contributed by atoms with Crippen molar-refractivity contribution in [2.24, 2.45) is 16.7 Å². The van der Waals surface area contributed by atoms with Crippen LogP contribution in [-0.2, 0) is 37.8 Å². The van der Waals surface area contributed by atoms with Crippen molar-refractivity contribution in [3.8, 4) is 0 Å². The van der Waals surface area contributed by atoms with Gasteiger partial charge in [0.25, 0.3) is 0 Å². The van der Waals surface area contributed by atoms with E-state index in [9.17, 15) is 29.4 Å². The number of carbonyl (C=O) groups excluding carboxylic acids is 5. The maximum atomic E-state index is 15.5. The Morgan fingerprint density at radius 3 is 2.00 bits per heavy atom. The number of ether oxygens (including phenoxy) is 3. The molecule has 0 unspecified atom stereocenters. The summed E-state index contributed by atoms with van der Waals surface area (Å²) in [6, 6.07) is 10.1. The number of aliphatic hydroxyl groups is 2. The van der Waals surface area contributed by atoms with Crippen molar-refractivity contribution in [2.75, 3.05) is 0 Å². The van der Waals surface area contributed by atoms with Gasteiger partial charge in [0.05, 0.1) is 29.1 Å². The first kappa shape index (κ1) is 38.6.